The number of hydrogen-bond acceptors (Lipinski definition) is 4. The Balaban J connectivity index is 1.23. The second-order valence-electron chi connectivity index (χ2n) is 9.21. The summed E-state index contributed by atoms with van der Waals surface area (Å²) in [5, 5.41) is 0. The van der Waals surface area contributed by atoms with E-state index in [0.717, 1.165) is 43.5 Å². The number of esters is 1. The summed E-state index contributed by atoms with van der Waals surface area (Å²) in [5.74, 6) is 5.94. The van der Waals surface area contributed by atoms with Gasteiger partial charge in [-0.25, -0.2) is 0 Å². The van der Waals surface area contributed by atoms with Gasteiger partial charge in [-0.3, -0.25) is 14.4 Å². The second-order valence-corrected chi connectivity index (χ2v) is 9.21. The quantitative estimate of drug-likeness (QED) is 0.400. The summed E-state index contributed by atoms with van der Waals surface area (Å²) in [5.41, 5.74) is 2.00. The van der Waals surface area contributed by atoms with E-state index in [-0.39, 0.29) is 23.2 Å². The zero-order valence-electron chi connectivity index (χ0n) is 19.6. The van der Waals surface area contributed by atoms with Crippen molar-refractivity contribution >= 4 is 17.8 Å². The van der Waals surface area contributed by atoms with E-state index in [1.807, 2.05) is 52.3 Å². The number of nitrogens with zero attached hydrogens (tertiary/aromatic N) is 2. The molecule has 34 heavy (non-hydrogen) atoms. The molecule has 0 atom stereocenters. The molecule has 0 aliphatic carbocycles. The van der Waals surface area contributed by atoms with E-state index in [9.17, 15) is 14.4 Å². The minimum absolute atomic E-state index is 0.116. The lowest BCUT2D eigenvalue weighted by atomic mass is 9.78. The van der Waals surface area contributed by atoms with Crippen LogP contribution in [0, 0.1) is 17.3 Å². The maximum atomic E-state index is 12.8. The first-order chi connectivity index (χ1) is 16.4. The molecule has 6 nitrogen and oxygen atoms in total. The fourth-order valence-electron chi connectivity index (χ4n) is 4.77. The summed E-state index contributed by atoms with van der Waals surface area (Å²) < 4.78 is 5.05. The van der Waals surface area contributed by atoms with E-state index in [0.29, 0.717) is 31.7 Å². The molecule has 0 unspecified atom stereocenters. The molecule has 0 bridgehead atoms. The highest BCUT2D eigenvalue weighted by Gasteiger charge is 2.42. The molecule has 6 heteroatoms. The Morgan fingerprint density at radius 3 is 2.21 bits per heavy atom. The molecule has 0 N–H and O–H groups in total. The van der Waals surface area contributed by atoms with Gasteiger partial charge in [-0.05, 0) is 60.9 Å². The first-order valence-corrected chi connectivity index (χ1v) is 11.8. The van der Waals surface area contributed by atoms with Gasteiger partial charge in [0, 0.05) is 51.0 Å². The van der Waals surface area contributed by atoms with Crippen LogP contribution >= 0.6 is 0 Å². The van der Waals surface area contributed by atoms with E-state index in [1.54, 1.807) is 12.1 Å². The Morgan fingerprint density at radius 1 is 0.912 bits per heavy atom. The maximum absolute atomic E-state index is 12.8. The number of hydrogen-bond donors (Lipinski definition) is 0. The maximum Gasteiger partial charge on any atom is 0.308 e. The van der Waals surface area contributed by atoms with Crippen molar-refractivity contribution in [1.82, 2.24) is 9.80 Å². The first kappa shape index (κ1) is 23.6. The van der Waals surface area contributed by atoms with E-state index in [1.165, 1.54) is 6.92 Å². The molecule has 1 spiro atoms. The van der Waals surface area contributed by atoms with Crippen molar-refractivity contribution in [3.63, 3.8) is 0 Å². The van der Waals surface area contributed by atoms with Gasteiger partial charge in [-0.1, -0.05) is 36.3 Å². The van der Waals surface area contributed by atoms with Crippen molar-refractivity contribution in [3.05, 3.63) is 65.7 Å². The highest BCUT2D eigenvalue weighted by Crippen LogP contribution is 2.40. The fraction of sp³-hybridized carbons (Fsp3) is 0.393. The third-order valence-electron chi connectivity index (χ3n) is 6.80. The molecule has 2 amide bonds. The average molecular weight is 459 g/mol. The number of aryl methyl sites for hydroxylation is 1. The number of benzene rings is 2. The summed E-state index contributed by atoms with van der Waals surface area (Å²) in [6, 6.07) is 16.8. The van der Waals surface area contributed by atoms with Gasteiger partial charge in [-0.2, -0.15) is 0 Å². The van der Waals surface area contributed by atoms with E-state index >= 15 is 0 Å². The van der Waals surface area contributed by atoms with Crippen molar-refractivity contribution < 1.29 is 19.1 Å². The minimum atomic E-state index is -0.346. The third kappa shape index (κ3) is 6.05. The van der Waals surface area contributed by atoms with Crippen molar-refractivity contribution in [3.8, 4) is 17.6 Å². The fourth-order valence-corrected chi connectivity index (χ4v) is 4.77. The number of carbonyl (C=O) groups is 3. The Bertz CT molecular complexity index is 1090. The van der Waals surface area contributed by atoms with Gasteiger partial charge in [0.15, 0.2) is 0 Å². The molecule has 2 aromatic rings. The SMILES string of the molecule is CC(=O)Oc1ccc(CCC(=O)N2CCC3(CCN(C(=O)C#Cc4ccccc4)CC3)C2)cc1. The average Bonchev–Trinajstić information content (AvgIpc) is 3.26. The van der Waals surface area contributed by atoms with Crippen LogP contribution in [0.2, 0.25) is 0 Å². The summed E-state index contributed by atoms with van der Waals surface area (Å²) in [6.45, 7) is 4.32. The van der Waals surface area contributed by atoms with Crippen LogP contribution in [0.3, 0.4) is 0 Å². The van der Waals surface area contributed by atoms with Gasteiger partial charge in [0.2, 0.25) is 5.91 Å². The minimum Gasteiger partial charge on any atom is -0.427 e. The predicted molar refractivity (Wildman–Crippen MR) is 129 cm³/mol. The molecule has 2 heterocycles. The highest BCUT2D eigenvalue weighted by atomic mass is 16.5. The zero-order valence-corrected chi connectivity index (χ0v) is 19.6. The summed E-state index contributed by atoms with van der Waals surface area (Å²) in [6.07, 6.45) is 3.93. The van der Waals surface area contributed by atoms with E-state index in [4.69, 9.17) is 4.74 Å². The largest absolute Gasteiger partial charge is 0.427 e. The number of piperidine rings is 1. The Labute approximate surface area is 200 Å². The topological polar surface area (TPSA) is 66.9 Å². The molecule has 2 fully saturated rings. The summed E-state index contributed by atoms with van der Waals surface area (Å²) >= 11 is 0. The molecule has 0 saturated carbocycles. The van der Waals surface area contributed by atoms with Crippen molar-refractivity contribution in [2.24, 2.45) is 5.41 Å². The molecular formula is C28H30N2O4. The monoisotopic (exact) mass is 458 g/mol. The van der Waals surface area contributed by atoms with Gasteiger partial charge < -0.3 is 14.5 Å². The summed E-state index contributed by atoms with van der Waals surface area (Å²) in [4.78, 5) is 40.2. The van der Waals surface area contributed by atoms with Crippen LogP contribution in [0.15, 0.2) is 54.6 Å². The van der Waals surface area contributed by atoms with E-state index < -0.39 is 0 Å². The molecule has 2 aliphatic heterocycles. The van der Waals surface area contributed by atoms with Crippen LogP contribution in [-0.2, 0) is 20.8 Å². The molecule has 4 rings (SSSR count). The van der Waals surface area contributed by atoms with Crippen molar-refractivity contribution in [1.29, 1.82) is 0 Å². The number of ether oxygens (including phenoxy) is 1. The number of rotatable bonds is 4. The van der Waals surface area contributed by atoms with Crippen LogP contribution in [0.4, 0.5) is 0 Å². The Morgan fingerprint density at radius 2 is 1.56 bits per heavy atom. The van der Waals surface area contributed by atoms with Gasteiger partial charge in [0.25, 0.3) is 5.91 Å². The Hall–Kier alpha value is -3.59. The number of likely N-dealkylation sites (tertiary alicyclic amines) is 2. The number of carbonyl (C=O) groups excluding carboxylic acids is 3. The first-order valence-electron chi connectivity index (χ1n) is 11.8. The zero-order chi connectivity index (χ0) is 24.0. The van der Waals surface area contributed by atoms with Crippen molar-refractivity contribution in [2.45, 2.75) is 39.0 Å². The van der Waals surface area contributed by atoms with Crippen LogP contribution in [0.5, 0.6) is 5.75 Å². The highest BCUT2D eigenvalue weighted by molar-refractivity contribution is 5.94. The van der Waals surface area contributed by atoms with Crippen molar-refractivity contribution in [2.75, 3.05) is 26.2 Å². The molecular weight excluding hydrogens is 428 g/mol. The standard InChI is InChI=1S/C28H30N2O4/c1-22(31)34-25-11-7-24(8-12-25)10-14-27(33)30-20-17-28(21-30)15-18-29(19-16-28)26(32)13-9-23-5-3-2-4-6-23/h2-8,11-12H,10,14-21H2,1H3. The smallest absolute Gasteiger partial charge is 0.308 e. The van der Waals surface area contributed by atoms with Gasteiger partial charge >= 0.3 is 5.97 Å². The summed E-state index contributed by atoms with van der Waals surface area (Å²) in [7, 11) is 0. The van der Waals surface area contributed by atoms with Crippen LogP contribution in [0.25, 0.3) is 0 Å². The number of amides is 2. The van der Waals surface area contributed by atoms with Gasteiger partial charge in [0.1, 0.15) is 5.75 Å². The van der Waals surface area contributed by atoms with Crippen LogP contribution < -0.4 is 4.74 Å². The third-order valence-corrected chi connectivity index (χ3v) is 6.80. The lowest BCUT2D eigenvalue weighted by Crippen LogP contribution is -2.44. The molecule has 0 radical (unpaired) electrons. The molecule has 2 saturated heterocycles. The molecule has 2 aromatic carbocycles. The van der Waals surface area contributed by atoms with Crippen LogP contribution in [-0.4, -0.2) is 53.8 Å². The Kier molecular flexibility index (Phi) is 7.32. The van der Waals surface area contributed by atoms with Gasteiger partial charge in [-0.15, -0.1) is 0 Å². The van der Waals surface area contributed by atoms with Crippen LogP contribution in [0.1, 0.15) is 43.7 Å². The van der Waals surface area contributed by atoms with E-state index in [2.05, 4.69) is 11.8 Å². The molecule has 2 aliphatic rings. The molecule has 0 aromatic heterocycles. The lowest BCUT2D eigenvalue weighted by molar-refractivity contribution is -0.132. The predicted octanol–water partition coefficient (Wildman–Crippen LogP) is 3.44. The van der Waals surface area contributed by atoms with Gasteiger partial charge in [0.05, 0.1) is 0 Å². The normalized spacial score (nSPS) is 16.6. The molecule has 176 valence electrons. The second kappa shape index (κ2) is 10.6. The lowest BCUT2D eigenvalue weighted by Gasteiger charge is -2.38.